The Balaban J connectivity index is 2.76. The van der Waals surface area contributed by atoms with Gasteiger partial charge in [-0.05, 0) is 52.3 Å². The number of nitrogens with one attached hydrogen (secondary N) is 1. The minimum atomic E-state index is -0.805. The first kappa shape index (κ1) is 16.4. The van der Waals surface area contributed by atoms with E-state index in [2.05, 4.69) is 5.32 Å². The van der Waals surface area contributed by atoms with E-state index >= 15 is 0 Å². The fraction of sp³-hybridized carbons (Fsp3) is 0.533. The van der Waals surface area contributed by atoms with Crippen molar-refractivity contribution in [3.8, 4) is 5.75 Å². The smallest absolute Gasteiger partial charge is 0.261 e. The summed E-state index contributed by atoms with van der Waals surface area (Å²) in [7, 11) is 0. The Hall–Kier alpha value is -1.62. The Kier molecular flexibility index (Phi) is 5.11. The third-order valence-electron chi connectivity index (χ3n) is 2.61. The summed E-state index contributed by atoms with van der Waals surface area (Å²) in [4.78, 5) is 11.9. The normalized spacial score (nSPS) is 14.6. The lowest BCUT2D eigenvalue weighted by molar-refractivity contribution is -0.128. The van der Waals surface area contributed by atoms with Crippen LogP contribution in [0.25, 0.3) is 0 Å². The Morgan fingerprint density at radius 2 is 1.95 bits per heavy atom. The largest absolute Gasteiger partial charge is 0.478 e. The molecular formula is C15H22FNO3. The van der Waals surface area contributed by atoms with Gasteiger partial charge in [0, 0.05) is 5.54 Å². The first-order valence-corrected chi connectivity index (χ1v) is 6.56. The monoisotopic (exact) mass is 283 g/mol. The molecule has 0 aliphatic rings. The first-order valence-electron chi connectivity index (χ1n) is 6.56. The van der Waals surface area contributed by atoms with Crippen molar-refractivity contribution >= 4 is 5.91 Å². The highest BCUT2D eigenvalue weighted by atomic mass is 19.1. The molecule has 0 spiro atoms. The van der Waals surface area contributed by atoms with Crippen LogP contribution in [-0.4, -0.2) is 22.7 Å². The van der Waals surface area contributed by atoms with E-state index < -0.39 is 18.0 Å². The van der Waals surface area contributed by atoms with E-state index in [1.54, 1.807) is 19.9 Å². The fourth-order valence-corrected chi connectivity index (χ4v) is 1.59. The molecule has 0 aromatic heterocycles. The first-order chi connectivity index (χ1) is 9.10. The standard InChI is InChI=1S/C15H22FNO3/c1-9(18)11-6-7-13(12(16)8-11)20-10(2)14(19)17-15(3,4)5/h6-10,18H,1-5H3,(H,17,19)/t9-,10?/m1/s1. The van der Waals surface area contributed by atoms with Crippen molar-refractivity contribution < 1.29 is 19.0 Å². The van der Waals surface area contributed by atoms with Crippen LogP contribution in [0.4, 0.5) is 4.39 Å². The summed E-state index contributed by atoms with van der Waals surface area (Å²) >= 11 is 0. The predicted molar refractivity (Wildman–Crippen MR) is 75.0 cm³/mol. The van der Waals surface area contributed by atoms with Crippen LogP contribution in [0.2, 0.25) is 0 Å². The Morgan fingerprint density at radius 1 is 1.35 bits per heavy atom. The summed E-state index contributed by atoms with van der Waals surface area (Å²) in [5.41, 5.74) is 0.0883. The summed E-state index contributed by atoms with van der Waals surface area (Å²) in [6, 6.07) is 4.18. The third kappa shape index (κ3) is 4.81. The van der Waals surface area contributed by atoms with E-state index in [-0.39, 0.29) is 17.2 Å². The molecule has 0 saturated heterocycles. The summed E-state index contributed by atoms with van der Waals surface area (Å²) in [5, 5.41) is 12.1. The molecule has 20 heavy (non-hydrogen) atoms. The van der Waals surface area contributed by atoms with Gasteiger partial charge < -0.3 is 15.2 Å². The molecule has 0 aliphatic carbocycles. The second kappa shape index (κ2) is 6.22. The number of carbonyl (C=O) groups is 1. The van der Waals surface area contributed by atoms with Gasteiger partial charge in [-0.15, -0.1) is 0 Å². The molecule has 0 radical (unpaired) electrons. The van der Waals surface area contributed by atoms with Gasteiger partial charge in [-0.25, -0.2) is 4.39 Å². The molecule has 112 valence electrons. The highest BCUT2D eigenvalue weighted by molar-refractivity contribution is 5.81. The predicted octanol–water partition coefficient (Wildman–Crippen LogP) is 2.56. The summed E-state index contributed by atoms with van der Waals surface area (Å²) in [5.74, 6) is -0.915. The molecule has 5 heteroatoms. The Labute approximate surface area is 119 Å². The van der Waals surface area contributed by atoms with Gasteiger partial charge in [0.25, 0.3) is 5.91 Å². The molecule has 1 aromatic carbocycles. The molecule has 1 unspecified atom stereocenters. The molecule has 0 heterocycles. The van der Waals surface area contributed by atoms with E-state index in [0.29, 0.717) is 5.56 Å². The van der Waals surface area contributed by atoms with Gasteiger partial charge in [0.1, 0.15) is 0 Å². The quantitative estimate of drug-likeness (QED) is 0.893. The summed E-state index contributed by atoms with van der Waals surface area (Å²) < 4.78 is 19.1. The van der Waals surface area contributed by atoms with Crippen molar-refractivity contribution in [3.05, 3.63) is 29.6 Å². The topological polar surface area (TPSA) is 58.6 Å². The molecule has 2 N–H and O–H groups in total. The van der Waals surface area contributed by atoms with Gasteiger partial charge in [-0.2, -0.15) is 0 Å². The minimum Gasteiger partial charge on any atom is -0.478 e. The molecule has 2 atom stereocenters. The highest BCUT2D eigenvalue weighted by Gasteiger charge is 2.21. The van der Waals surface area contributed by atoms with Gasteiger partial charge in [0.05, 0.1) is 6.10 Å². The van der Waals surface area contributed by atoms with Gasteiger partial charge in [-0.1, -0.05) is 6.07 Å². The molecule has 1 amide bonds. The average molecular weight is 283 g/mol. The molecule has 0 fully saturated rings. The molecule has 0 saturated carbocycles. The summed E-state index contributed by atoms with van der Waals surface area (Å²) in [6.45, 7) is 8.68. The molecular weight excluding hydrogens is 261 g/mol. The summed E-state index contributed by atoms with van der Waals surface area (Å²) in [6.07, 6.45) is -1.55. The van der Waals surface area contributed by atoms with Crippen molar-refractivity contribution in [1.82, 2.24) is 5.32 Å². The Bertz CT molecular complexity index is 480. The van der Waals surface area contributed by atoms with Crippen molar-refractivity contribution in [2.45, 2.75) is 52.4 Å². The van der Waals surface area contributed by atoms with Crippen molar-refractivity contribution in [2.24, 2.45) is 0 Å². The molecule has 1 aromatic rings. The number of hydrogen-bond acceptors (Lipinski definition) is 3. The maximum atomic E-state index is 13.8. The molecule has 0 aliphatic heterocycles. The van der Waals surface area contributed by atoms with Gasteiger partial charge in [0.2, 0.25) is 0 Å². The van der Waals surface area contributed by atoms with E-state index in [9.17, 15) is 14.3 Å². The zero-order valence-corrected chi connectivity index (χ0v) is 12.5. The maximum absolute atomic E-state index is 13.8. The van der Waals surface area contributed by atoms with Crippen molar-refractivity contribution in [1.29, 1.82) is 0 Å². The van der Waals surface area contributed by atoms with Crippen LogP contribution in [-0.2, 0) is 4.79 Å². The fourth-order valence-electron chi connectivity index (χ4n) is 1.59. The van der Waals surface area contributed by atoms with Crippen molar-refractivity contribution in [3.63, 3.8) is 0 Å². The van der Waals surface area contributed by atoms with Crippen LogP contribution in [0.1, 0.15) is 46.3 Å². The number of hydrogen-bond donors (Lipinski definition) is 2. The van der Waals surface area contributed by atoms with Crippen LogP contribution in [0.15, 0.2) is 18.2 Å². The zero-order chi connectivity index (χ0) is 15.5. The van der Waals surface area contributed by atoms with Crippen LogP contribution in [0, 0.1) is 5.82 Å². The molecule has 4 nitrogen and oxygen atoms in total. The second-order valence-electron chi connectivity index (χ2n) is 5.87. The maximum Gasteiger partial charge on any atom is 0.261 e. The molecule has 1 rings (SSSR count). The van der Waals surface area contributed by atoms with Gasteiger partial charge in [-0.3, -0.25) is 4.79 Å². The third-order valence-corrected chi connectivity index (χ3v) is 2.61. The van der Waals surface area contributed by atoms with E-state index in [1.807, 2.05) is 20.8 Å². The number of halogens is 1. The van der Waals surface area contributed by atoms with E-state index in [0.717, 1.165) is 0 Å². The number of benzene rings is 1. The van der Waals surface area contributed by atoms with Crippen LogP contribution < -0.4 is 10.1 Å². The Morgan fingerprint density at radius 3 is 2.40 bits per heavy atom. The zero-order valence-electron chi connectivity index (χ0n) is 12.5. The number of amides is 1. The van der Waals surface area contributed by atoms with E-state index in [4.69, 9.17) is 4.74 Å². The van der Waals surface area contributed by atoms with E-state index in [1.165, 1.54) is 12.1 Å². The highest BCUT2D eigenvalue weighted by Crippen LogP contribution is 2.23. The van der Waals surface area contributed by atoms with Gasteiger partial charge in [0.15, 0.2) is 17.7 Å². The number of carbonyl (C=O) groups excluding carboxylic acids is 1. The lowest BCUT2D eigenvalue weighted by atomic mass is 10.1. The number of ether oxygens (including phenoxy) is 1. The lowest BCUT2D eigenvalue weighted by Crippen LogP contribution is -2.46. The van der Waals surface area contributed by atoms with Crippen LogP contribution >= 0.6 is 0 Å². The number of aliphatic hydroxyl groups is 1. The average Bonchev–Trinajstić information content (AvgIpc) is 2.29. The SMILES string of the molecule is CC(Oc1ccc([C@@H](C)O)cc1F)C(=O)NC(C)(C)C. The minimum absolute atomic E-state index is 0.00837. The lowest BCUT2D eigenvalue weighted by Gasteiger charge is -2.23. The van der Waals surface area contributed by atoms with Crippen molar-refractivity contribution in [2.75, 3.05) is 0 Å². The second-order valence-corrected chi connectivity index (χ2v) is 5.87. The number of rotatable bonds is 4. The molecule has 0 bridgehead atoms. The van der Waals surface area contributed by atoms with Gasteiger partial charge >= 0.3 is 0 Å². The van der Waals surface area contributed by atoms with Crippen LogP contribution in [0.5, 0.6) is 5.75 Å². The number of aliphatic hydroxyl groups excluding tert-OH is 1. The van der Waals surface area contributed by atoms with Crippen LogP contribution in [0.3, 0.4) is 0 Å².